The van der Waals surface area contributed by atoms with Gasteiger partial charge in [0.1, 0.15) is 0 Å². The number of hydrogen-bond acceptors (Lipinski definition) is 3. The zero-order chi connectivity index (χ0) is 15.5. The fourth-order valence-electron chi connectivity index (χ4n) is 1.72. The van der Waals surface area contributed by atoms with E-state index in [4.69, 9.17) is 0 Å². The fourth-order valence-corrected chi connectivity index (χ4v) is 2.99. The first-order valence-corrected chi connectivity index (χ1v) is 8.54. The molecule has 0 saturated carbocycles. The molecule has 21 heavy (non-hydrogen) atoms. The molecule has 0 aliphatic rings. The molecule has 0 amide bonds. The van der Waals surface area contributed by atoms with Crippen molar-refractivity contribution in [1.82, 2.24) is 4.83 Å². The highest BCUT2D eigenvalue weighted by atomic mass is 79.9. The van der Waals surface area contributed by atoms with Crippen LogP contribution in [-0.2, 0) is 10.0 Å². The number of hydrazone groups is 1. The molecule has 2 rings (SSSR count). The monoisotopic (exact) mass is 366 g/mol. The van der Waals surface area contributed by atoms with Crippen LogP contribution in [0.2, 0.25) is 0 Å². The van der Waals surface area contributed by atoms with E-state index in [0.717, 1.165) is 21.2 Å². The molecule has 2 aromatic carbocycles. The number of hydrogen-bond donors (Lipinski definition) is 1. The first-order chi connectivity index (χ1) is 9.88. The summed E-state index contributed by atoms with van der Waals surface area (Å²) in [5, 5.41) is 3.82. The lowest BCUT2D eigenvalue weighted by atomic mass is 10.1. The van der Waals surface area contributed by atoms with E-state index in [1.165, 1.54) is 6.21 Å². The number of nitrogens with one attached hydrogen (secondary N) is 1. The fraction of sp³-hybridized carbons (Fsp3) is 0.133. The van der Waals surface area contributed by atoms with Gasteiger partial charge in [-0.2, -0.15) is 13.5 Å². The van der Waals surface area contributed by atoms with Crippen LogP contribution in [0.15, 0.2) is 56.9 Å². The quantitative estimate of drug-likeness (QED) is 0.665. The summed E-state index contributed by atoms with van der Waals surface area (Å²) in [6.07, 6.45) is 1.49. The van der Waals surface area contributed by atoms with E-state index < -0.39 is 10.0 Å². The molecule has 0 spiro atoms. The lowest BCUT2D eigenvalue weighted by Crippen LogP contribution is -2.18. The minimum Gasteiger partial charge on any atom is -0.200 e. The molecular formula is C15H15BrN2O2S. The third-order valence-corrected chi connectivity index (χ3v) is 4.67. The minimum absolute atomic E-state index is 0.192. The molecule has 0 unspecified atom stereocenters. The molecular weight excluding hydrogens is 352 g/mol. The molecule has 110 valence electrons. The van der Waals surface area contributed by atoms with Gasteiger partial charge in [0.25, 0.3) is 10.0 Å². The van der Waals surface area contributed by atoms with Gasteiger partial charge in [0.15, 0.2) is 0 Å². The van der Waals surface area contributed by atoms with Crippen molar-refractivity contribution in [2.75, 3.05) is 0 Å². The summed E-state index contributed by atoms with van der Waals surface area (Å²) in [5.74, 6) is 0. The zero-order valence-corrected chi connectivity index (χ0v) is 14.1. The van der Waals surface area contributed by atoms with Crippen molar-refractivity contribution >= 4 is 32.2 Å². The van der Waals surface area contributed by atoms with Crippen LogP contribution in [0.5, 0.6) is 0 Å². The number of benzene rings is 2. The van der Waals surface area contributed by atoms with Crippen molar-refractivity contribution < 1.29 is 8.42 Å². The van der Waals surface area contributed by atoms with Crippen LogP contribution in [0.1, 0.15) is 16.7 Å². The second kappa shape index (κ2) is 6.41. The molecule has 0 atom stereocenters. The predicted molar refractivity (Wildman–Crippen MR) is 88.0 cm³/mol. The number of sulfonamides is 1. The van der Waals surface area contributed by atoms with Crippen molar-refractivity contribution in [3.63, 3.8) is 0 Å². The number of aryl methyl sites for hydroxylation is 2. The summed E-state index contributed by atoms with van der Waals surface area (Å²) in [4.78, 5) is 2.41. The molecule has 4 nitrogen and oxygen atoms in total. The van der Waals surface area contributed by atoms with E-state index in [1.54, 1.807) is 24.3 Å². The molecule has 0 aliphatic carbocycles. The molecule has 0 saturated heterocycles. The Labute approximate surface area is 133 Å². The third kappa shape index (κ3) is 4.15. The summed E-state index contributed by atoms with van der Waals surface area (Å²) < 4.78 is 25.1. The average molecular weight is 367 g/mol. The van der Waals surface area contributed by atoms with Gasteiger partial charge >= 0.3 is 0 Å². The Morgan fingerprint density at radius 2 is 1.76 bits per heavy atom. The Kier molecular flexibility index (Phi) is 4.80. The summed E-state index contributed by atoms with van der Waals surface area (Å²) >= 11 is 3.38. The van der Waals surface area contributed by atoms with Gasteiger partial charge in [0.2, 0.25) is 0 Å². The van der Waals surface area contributed by atoms with Gasteiger partial charge in [0.05, 0.1) is 11.1 Å². The van der Waals surface area contributed by atoms with Crippen LogP contribution in [0, 0.1) is 13.8 Å². The van der Waals surface area contributed by atoms with Gasteiger partial charge in [-0.25, -0.2) is 4.83 Å². The lowest BCUT2D eigenvalue weighted by Gasteiger charge is -2.04. The molecule has 0 radical (unpaired) electrons. The Morgan fingerprint density at radius 1 is 1.10 bits per heavy atom. The molecule has 0 heterocycles. The Balaban J connectivity index is 2.14. The first kappa shape index (κ1) is 15.7. The van der Waals surface area contributed by atoms with Crippen LogP contribution in [0.4, 0.5) is 0 Å². The molecule has 0 fully saturated rings. The minimum atomic E-state index is -3.63. The Morgan fingerprint density at radius 3 is 2.38 bits per heavy atom. The van der Waals surface area contributed by atoms with Gasteiger partial charge < -0.3 is 0 Å². The van der Waals surface area contributed by atoms with Gasteiger partial charge in [0, 0.05) is 4.47 Å². The SMILES string of the molecule is Cc1ccc(S(=O)(=O)N/N=C\c2ccc(Br)cc2C)cc1. The number of nitrogens with zero attached hydrogens (tertiary/aromatic N) is 1. The number of halogens is 1. The van der Waals surface area contributed by atoms with Crippen LogP contribution in [0.3, 0.4) is 0 Å². The highest BCUT2D eigenvalue weighted by Crippen LogP contribution is 2.14. The third-order valence-electron chi connectivity index (χ3n) is 2.94. The second-order valence-electron chi connectivity index (χ2n) is 4.67. The van der Waals surface area contributed by atoms with Gasteiger partial charge in [-0.1, -0.05) is 39.7 Å². The van der Waals surface area contributed by atoms with Crippen molar-refractivity contribution in [3.05, 3.63) is 63.6 Å². The van der Waals surface area contributed by atoms with Gasteiger partial charge in [-0.3, -0.25) is 0 Å². The zero-order valence-electron chi connectivity index (χ0n) is 11.7. The van der Waals surface area contributed by atoms with Crippen LogP contribution in [0.25, 0.3) is 0 Å². The van der Waals surface area contributed by atoms with Crippen molar-refractivity contribution in [3.8, 4) is 0 Å². The summed E-state index contributed by atoms with van der Waals surface area (Å²) in [6, 6.07) is 12.3. The average Bonchev–Trinajstić information content (AvgIpc) is 2.41. The maximum Gasteiger partial charge on any atom is 0.276 e. The summed E-state index contributed by atoms with van der Waals surface area (Å²) in [7, 11) is -3.63. The number of rotatable bonds is 4. The van der Waals surface area contributed by atoms with E-state index >= 15 is 0 Å². The molecule has 0 aromatic heterocycles. The smallest absolute Gasteiger partial charge is 0.200 e. The van der Waals surface area contributed by atoms with Crippen molar-refractivity contribution in [2.24, 2.45) is 5.10 Å². The van der Waals surface area contributed by atoms with E-state index in [0.29, 0.717) is 0 Å². The highest BCUT2D eigenvalue weighted by Gasteiger charge is 2.11. The van der Waals surface area contributed by atoms with Crippen LogP contribution >= 0.6 is 15.9 Å². The maximum absolute atomic E-state index is 12.0. The second-order valence-corrected chi connectivity index (χ2v) is 7.24. The first-order valence-electron chi connectivity index (χ1n) is 6.26. The highest BCUT2D eigenvalue weighted by molar-refractivity contribution is 9.10. The predicted octanol–water partition coefficient (Wildman–Crippen LogP) is 3.38. The molecule has 0 bridgehead atoms. The van der Waals surface area contributed by atoms with Crippen LogP contribution in [-0.4, -0.2) is 14.6 Å². The Hall–Kier alpha value is -1.66. The van der Waals surface area contributed by atoms with E-state index in [1.807, 2.05) is 32.0 Å². The lowest BCUT2D eigenvalue weighted by molar-refractivity contribution is 0.584. The van der Waals surface area contributed by atoms with E-state index in [9.17, 15) is 8.42 Å². The molecule has 1 N–H and O–H groups in total. The topological polar surface area (TPSA) is 58.5 Å². The molecule has 2 aromatic rings. The van der Waals surface area contributed by atoms with Gasteiger partial charge in [-0.15, -0.1) is 0 Å². The summed E-state index contributed by atoms with van der Waals surface area (Å²) in [6.45, 7) is 3.83. The van der Waals surface area contributed by atoms with Crippen molar-refractivity contribution in [2.45, 2.75) is 18.7 Å². The largest absolute Gasteiger partial charge is 0.276 e. The van der Waals surface area contributed by atoms with Crippen LogP contribution < -0.4 is 4.83 Å². The maximum atomic E-state index is 12.0. The van der Waals surface area contributed by atoms with Gasteiger partial charge in [-0.05, 0) is 49.2 Å². The normalized spacial score (nSPS) is 11.8. The van der Waals surface area contributed by atoms with Crippen molar-refractivity contribution in [1.29, 1.82) is 0 Å². The Bertz CT molecular complexity index is 769. The molecule has 6 heteroatoms. The van der Waals surface area contributed by atoms with E-state index in [-0.39, 0.29) is 4.90 Å². The molecule has 0 aliphatic heterocycles. The summed E-state index contributed by atoms with van der Waals surface area (Å²) in [5.41, 5.74) is 2.86. The van der Waals surface area contributed by atoms with E-state index in [2.05, 4.69) is 25.9 Å². The standard InChI is InChI=1S/C15H15BrN2O2S/c1-11-3-7-15(8-4-11)21(19,20)18-17-10-13-5-6-14(16)9-12(13)2/h3-10,18H,1-2H3/b17-10-.